The molecule has 110 valence electrons. The quantitative estimate of drug-likeness (QED) is 0.772. The average molecular weight is 342 g/mol. The fourth-order valence-electron chi connectivity index (χ4n) is 2.26. The molecule has 0 amide bonds. The first-order valence-electron chi connectivity index (χ1n) is 6.84. The zero-order valence-electron chi connectivity index (χ0n) is 11.8. The average Bonchev–Trinajstić information content (AvgIpc) is 2.46. The number of carbonyl (C=O) groups is 1. The molecule has 0 radical (unpaired) electrons. The molecule has 1 aliphatic heterocycles. The van der Waals surface area contributed by atoms with Gasteiger partial charge in [0.1, 0.15) is 18.5 Å². The van der Waals surface area contributed by atoms with Crippen LogP contribution in [0.4, 0.5) is 0 Å². The first kappa shape index (κ1) is 15.5. The van der Waals surface area contributed by atoms with E-state index in [1.54, 1.807) is 6.07 Å². The fraction of sp³-hybridized carbons (Fsp3) is 0.533. The van der Waals surface area contributed by atoms with E-state index in [9.17, 15) is 4.79 Å². The maximum Gasteiger partial charge on any atom is 0.153 e. The molecular weight excluding hydrogens is 322 g/mol. The van der Waals surface area contributed by atoms with Crippen LogP contribution in [0.25, 0.3) is 0 Å². The second kappa shape index (κ2) is 7.20. The van der Waals surface area contributed by atoms with E-state index in [1.807, 2.05) is 12.1 Å². The predicted octanol–water partition coefficient (Wildman–Crippen LogP) is 2.75. The normalized spacial score (nSPS) is 20.1. The Morgan fingerprint density at radius 1 is 1.55 bits per heavy atom. The summed E-state index contributed by atoms with van der Waals surface area (Å²) in [5.41, 5.74) is 0.552. The number of rotatable bonds is 5. The molecule has 0 aromatic heterocycles. The number of morpholine rings is 1. The van der Waals surface area contributed by atoms with Crippen molar-refractivity contribution in [2.75, 3.05) is 26.3 Å². The van der Waals surface area contributed by atoms with Gasteiger partial charge in [0.25, 0.3) is 0 Å². The molecule has 5 heteroatoms. The summed E-state index contributed by atoms with van der Waals surface area (Å²) in [6.07, 6.45) is 0.847. The summed E-state index contributed by atoms with van der Waals surface area (Å²) in [6.45, 7) is 7.36. The van der Waals surface area contributed by atoms with Gasteiger partial charge in [0.05, 0.1) is 16.6 Å². The Morgan fingerprint density at radius 2 is 2.35 bits per heavy atom. The Bertz CT molecular complexity index is 464. The lowest BCUT2D eigenvalue weighted by Gasteiger charge is -2.35. The Morgan fingerprint density at radius 3 is 3.05 bits per heavy atom. The van der Waals surface area contributed by atoms with E-state index in [1.165, 1.54) is 0 Å². The van der Waals surface area contributed by atoms with E-state index in [4.69, 9.17) is 9.47 Å². The van der Waals surface area contributed by atoms with E-state index in [0.717, 1.165) is 30.5 Å². The van der Waals surface area contributed by atoms with Crippen LogP contribution in [0, 0.1) is 0 Å². The molecule has 1 unspecified atom stereocenters. The van der Waals surface area contributed by atoms with Gasteiger partial charge in [-0.05, 0) is 41.9 Å². The largest absolute Gasteiger partial charge is 0.489 e. The third-order valence-corrected chi connectivity index (χ3v) is 4.06. The van der Waals surface area contributed by atoms with Gasteiger partial charge in [0, 0.05) is 19.1 Å². The molecule has 20 heavy (non-hydrogen) atoms. The number of benzene rings is 1. The van der Waals surface area contributed by atoms with Crippen molar-refractivity contribution < 1.29 is 14.3 Å². The van der Waals surface area contributed by atoms with Crippen LogP contribution in [0.5, 0.6) is 5.75 Å². The number of aldehydes is 1. The smallest absolute Gasteiger partial charge is 0.153 e. The monoisotopic (exact) mass is 341 g/mol. The minimum absolute atomic E-state index is 0.0396. The molecule has 0 aliphatic carbocycles. The number of hydrogen-bond donors (Lipinski definition) is 0. The molecule has 2 rings (SSSR count). The van der Waals surface area contributed by atoms with Crippen LogP contribution < -0.4 is 4.74 Å². The van der Waals surface area contributed by atoms with Crippen molar-refractivity contribution in [3.63, 3.8) is 0 Å². The second-order valence-corrected chi connectivity index (χ2v) is 6.02. The second-order valence-electron chi connectivity index (χ2n) is 5.17. The van der Waals surface area contributed by atoms with Crippen molar-refractivity contribution >= 4 is 22.2 Å². The molecule has 0 N–H and O–H groups in total. The maximum atomic E-state index is 11.0. The molecule has 1 atom stereocenters. The first-order chi connectivity index (χ1) is 9.61. The predicted molar refractivity (Wildman–Crippen MR) is 81.5 cm³/mol. The van der Waals surface area contributed by atoms with Gasteiger partial charge in [0.15, 0.2) is 6.29 Å². The Kier molecular flexibility index (Phi) is 5.57. The summed E-state index contributed by atoms with van der Waals surface area (Å²) in [6, 6.07) is 5.94. The molecule has 1 aromatic carbocycles. The standard InChI is InChI=1S/C15H20BrNO3/c1-11(2)17-6-7-19-13(8-17)10-20-15-12(9-18)4-3-5-14(15)16/h3-5,9,11,13H,6-8,10H2,1-2H3. The number of hydrogen-bond acceptors (Lipinski definition) is 4. The van der Waals surface area contributed by atoms with E-state index in [-0.39, 0.29) is 6.10 Å². The van der Waals surface area contributed by atoms with Crippen molar-refractivity contribution in [3.8, 4) is 5.75 Å². The lowest BCUT2D eigenvalue weighted by atomic mass is 10.2. The minimum Gasteiger partial charge on any atom is -0.489 e. The molecule has 0 spiro atoms. The van der Waals surface area contributed by atoms with Crippen LogP contribution in [-0.2, 0) is 4.74 Å². The van der Waals surface area contributed by atoms with Crippen molar-refractivity contribution in [3.05, 3.63) is 28.2 Å². The molecule has 1 aliphatic rings. The number of halogens is 1. The summed E-state index contributed by atoms with van der Waals surface area (Å²) in [5.74, 6) is 0.591. The van der Waals surface area contributed by atoms with Crippen LogP contribution in [0.2, 0.25) is 0 Å². The highest BCUT2D eigenvalue weighted by atomic mass is 79.9. The topological polar surface area (TPSA) is 38.8 Å². The number of para-hydroxylation sites is 1. The zero-order chi connectivity index (χ0) is 14.5. The summed E-state index contributed by atoms with van der Waals surface area (Å²) in [7, 11) is 0. The van der Waals surface area contributed by atoms with Gasteiger partial charge in [-0.15, -0.1) is 0 Å². The number of carbonyl (C=O) groups excluding carboxylic acids is 1. The Hall–Kier alpha value is -0.910. The van der Waals surface area contributed by atoms with Crippen molar-refractivity contribution in [1.29, 1.82) is 0 Å². The van der Waals surface area contributed by atoms with Crippen LogP contribution in [-0.4, -0.2) is 49.6 Å². The summed E-state index contributed by atoms with van der Waals surface area (Å²) >= 11 is 3.41. The molecular formula is C15H20BrNO3. The lowest BCUT2D eigenvalue weighted by Crippen LogP contribution is -2.47. The van der Waals surface area contributed by atoms with Gasteiger partial charge < -0.3 is 9.47 Å². The van der Waals surface area contributed by atoms with E-state index in [2.05, 4.69) is 34.7 Å². The van der Waals surface area contributed by atoms with E-state index in [0.29, 0.717) is 24.0 Å². The van der Waals surface area contributed by atoms with Crippen LogP contribution >= 0.6 is 15.9 Å². The number of ether oxygens (including phenoxy) is 2. The van der Waals surface area contributed by atoms with Crippen molar-refractivity contribution in [2.24, 2.45) is 0 Å². The van der Waals surface area contributed by atoms with Crippen LogP contribution in [0.15, 0.2) is 22.7 Å². The summed E-state index contributed by atoms with van der Waals surface area (Å²) < 4.78 is 12.3. The van der Waals surface area contributed by atoms with E-state index < -0.39 is 0 Å². The van der Waals surface area contributed by atoms with Gasteiger partial charge in [0.2, 0.25) is 0 Å². The molecule has 1 aromatic rings. The maximum absolute atomic E-state index is 11.0. The first-order valence-corrected chi connectivity index (χ1v) is 7.63. The Labute approximate surface area is 128 Å². The van der Waals surface area contributed by atoms with Gasteiger partial charge >= 0.3 is 0 Å². The van der Waals surface area contributed by atoms with Crippen molar-refractivity contribution in [2.45, 2.75) is 26.0 Å². The highest BCUT2D eigenvalue weighted by molar-refractivity contribution is 9.10. The zero-order valence-corrected chi connectivity index (χ0v) is 13.4. The van der Waals surface area contributed by atoms with Crippen LogP contribution in [0.3, 0.4) is 0 Å². The van der Waals surface area contributed by atoms with Gasteiger partial charge in [-0.2, -0.15) is 0 Å². The SMILES string of the molecule is CC(C)N1CCOC(COc2c(Br)cccc2C=O)C1. The van der Waals surface area contributed by atoms with Crippen molar-refractivity contribution in [1.82, 2.24) is 4.90 Å². The van der Waals surface area contributed by atoms with Gasteiger partial charge in [-0.25, -0.2) is 0 Å². The molecule has 0 bridgehead atoms. The third kappa shape index (κ3) is 3.81. The molecule has 0 saturated carbocycles. The summed E-state index contributed by atoms with van der Waals surface area (Å²) in [4.78, 5) is 13.4. The van der Waals surface area contributed by atoms with Gasteiger partial charge in [-0.3, -0.25) is 9.69 Å². The highest BCUT2D eigenvalue weighted by Gasteiger charge is 2.23. The molecule has 1 fully saturated rings. The molecule has 1 saturated heterocycles. The summed E-state index contributed by atoms with van der Waals surface area (Å²) in [5, 5.41) is 0. The number of nitrogens with zero attached hydrogens (tertiary/aromatic N) is 1. The van der Waals surface area contributed by atoms with E-state index >= 15 is 0 Å². The Balaban J connectivity index is 1.97. The minimum atomic E-state index is 0.0396. The molecule has 1 heterocycles. The lowest BCUT2D eigenvalue weighted by molar-refractivity contribution is -0.0565. The van der Waals surface area contributed by atoms with Gasteiger partial charge in [-0.1, -0.05) is 6.07 Å². The third-order valence-electron chi connectivity index (χ3n) is 3.44. The fourth-order valence-corrected chi connectivity index (χ4v) is 2.75. The highest BCUT2D eigenvalue weighted by Crippen LogP contribution is 2.28. The molecule has 4 nitrogen and oxygen atoms in total. The van der Waals surface area contributed by atoms with Crippen LogP contribution in [0.1, 0.15) is 24.2 Å².